The maximum absolute atomic E-state index is 12.7. The molecule has 23 heavy (non-hydrogen) atoms. The number of likely N-dealkylation sites (tertiary alicyclic amines) is 1. The van der Waals surface area contributed by atoms with Gasteiger partial charge in [-0.25, -0.2) is 0 Å². The van der Waals surface area contributed by atoms with Crippen LogP contribution >= 0.6 is 0 Å². The zero-order valence-corrected chi connectivity index (χ0v) is 13.9. The number of anilines is 1. The second-order valence-corrected chi connectivity index (χ2v) is 7.32. The first-order valence-electron chi connectivity index (χ1n) is 9.11. The smallest absolute Gasteiger partial charge is 0.236 e. The van der Waals surface area contributed by atoms with Crippen LogP contribution < -0.4 is 4.90 Å². The number of amides is 1. The molecule has 4 rings (SSSR count). The standard InChI is InChI=1S/C19H27N3O/c23-19(15-22-14-16-7-8-18(22)13-16)21-10-4-9-20(11-12-21)17-5-2-1-3-6-17/h1-3,5-6,16,18H,4,7-15H2/t16-,18+/m1/s1. The number of fused-ring (bicyclic) bond motifs is 2. The molecule has 1 aromatic carbocycles. The second kappa shape index (κ2) is 6.52. The lowest BCUT2D eigenvalue weighted by Gasteiger charge is -2.29. The van der Waals surface area contributed by atoms with Crippen molar-refractivity contribution in [1.29, 1.82) is 0 Å². The summed E-state index contributed by atoms with van der Waals surface area (Å²) in [6.45, 7) is 5.55. The summed E-state index contributed by atoms with van der Waals surface area (Å²) in [6, 6.07) is 11.3. The fraction of sp³-hybridized carbons (Fsp3) is 0.632. The molecular weight excluding hydrogens is 286 g/mol. The van der Waals surface area contributed by atoms with E-state index < -0.39 is 0 Å². The fourth-order valence-electron chi connectivity index (χ4n) is 4.56. The lowest BCUT2D eigenvalue weighted by atomic mass is 10.1. The normalized spacial score (nSPS) is 28.2. The van der Waals surface area contributed by atoms with Gasteiger partial charge in [-0.05, 0) is 43.7 Å². The highest BCUT2D eigenvalue weighted by Gasteiger charge is 2.38. The van der Waals surface area contributed by atoms with Crippen LogP contribution in [-0.4, -0.2) is 61.0 Å². The molecule has 1 saturated carbocycles. The third-order valence-electron chi connectivity index (χ3n) is 5.83. The summed E-state index contributed by atoms with van der Waals surface area (Å²) in [6.07, 6.45) is 5.08. The number of piperidine rings is 1. The largest absolute Gasteiger partial charge is 0.370 e. The Balaban J connectivity index is 1.32. The van der Waals surface area contributed by atoms with Crippen molar-refractivity contribution in [3.63, 3.8) is 0 Å². The minimum atomic E-state index is 0.340. The van der Waals surface area contributed by atoms with Crippen LogP contribution in [0, 0.1) is 5.92 Å². The van der Waals surface area contributed by atoms with E-state index in [0.717, 1.165) is 45.1 Å². The summed E-state index contributed by atoms with van der Waals surface area (Å²) < 4.78 is 0. The molecular formula is C19H27N3O. The van der Waals surface area contributed by atoms with Crippen LogP contribution in [0.15, 0.2) is 30.3 Å². The summed E-state index contributed by atoms with van der Waals surface area (Å²) in [7, 11) is 0. The molecule has 1 amide bonds. The molecule has 1 aromatic rings. The monoisotopic (exact) mass is 313 g/mol. The van der Waals surface area contributed by atoms with Gasteiger partial charge < -0.3 is 9.80 Å². The zero-order valence-electron chi connectivity index (χ0n) is 13.9. The van der Waals surface area contributed by atoms with E-state index in [2.05, 4.69) is 45.0 Å². The maximum atomic E-state index is 12.7. The molecule has 2 heterocycles. The summed E-state index contributed by atoms with van der Waals surface area (Å²) in [5, 5.41) is 0. The summed E-state index contributed by atoms with van der Waals surface area (Å²) >= 11 is 0. The van der Waals surface area contributed by atoms with E-state index in [0.29, 0.717) is 18.5 Å². The fourth-order valence-corrected chi connectivity index (χ4v) is 4.56. The van der Waals surface area contributed by atoms with Gasteiger partial charge in [0, 0.05) is 44.5 Å². The molecule has 3 aliphatic rings. The lowest BCUT2D eigenvalue weighted by Crippen LogP contribution is -2.44. The first-order chi connectivity index (χ1) is 11.3. The Morgan fingerprint density at radius 2 is 1.91 bits per heavy atom. The van der Waals surface area contributed by atoms with Crippen molar-refractivity contribution in [1.82, 2.24) is 9.80 Å². The van der Waals surface area contributed by atoms with Crippen molar-refractivity contribution >= 4 is 11.6 Å². The van der Waals surface area contributed by atoms with Gasteiger partial charge in [0.25, 0.3) is 0 Å². The predicted molar refractivity (Wildman–Crippen MR) is 92.6 cm³/mol. The Morgan fingerprint density at radius 1 is 1.04 bits per heavy atom. The number of benzene rings is 1. The average molecular weight is 313 g/mol. The van der Waals surface area contributed by atoms with Crippen molar-refractivity contribution in [2.24, 2.45) is 5.92 Å². The van der Waals surface area contributed by atoms with Crippen molar-refractivity contribution in [2.45, 2.75) is 31.7 Å². The van der Waals surface area contributed by atoms with Crippen molar-refractivity contribution < 1.29 is 4.79 Å². The van der Waals surface area contributed by atoms with Crippen molar-refractivity contribution in [3.8, 4) is 0 Å². The van der Waals surface area contributed by atoms with Gasteiger partial charge in [-0.3, -0.25) is 9.69 Å². The van der Waals surface area contributed by atoms with Crippen LogP contribution in [0.1, 0.15) is 25.7 Å². The van der Waals surface area contributed by atoms with E-state index in [-0.39, 0.29) is 0 Å². The van der Waals surface area contributed by atoms with Crippen LogP contribution in [0.25, 0.3) is 0 Å². The van der Waals surface area contributed by atoms with Gasteiger partial charge >= 0.3 is 0 Å². The first kappa shape index (κ1) is 15.0. The molecule has 1 aliphatic carbocycles. The molecule has 0 unspecified atom stereocenters. The Bertz CT molecular complexity index is 547. The third-order valence-corrected chi connectivity index (χ3v) is 5.83. The van der Waals surface area contributed by atoms with Crippen LogP contribution in [0.2, 0.25) is 0 Å². The average Bonchev–Trinajstić information content (AvgIpc) is 3.10. The minimum absolute atomic E-state index is 0.340. The van der Waals surface area contributed by atoms with Gasteiger partial charge in [0.2, 0.25) is 5.91 Å². The van der Waals surface area contributed by atoms with Crippen LogP contribution in [0.3, 0.4) is 0 Å². The van der Waals surface area contributed by atoms with E-state index in [9.17, 15) is 4.79 Å². The van der Waals surface area contributed by atoms with Crippen molar-refractivity contribution in [2.75, 3.05) is 44.2 Å². The number of rotatable bonds is 3. The highest BCUT2D eigenvalue weighted by molar-refractivity contribution is 5.78. The van der Waals surface area contributed by atoms with E-state index >= 15 is 0 Å². The quantitative estimate of drug-likeness (QED) is 0.856. The lowest BCUT2D eigenvalue weighted by molar-refractivity contribution is -0.132. The number of para-hydroxylation sites is 1. The molecule has 2 bridgehead atoms. The van der Waals surface area contributed by atoms with Gasteiger partial charge in [-0.15, -0.1) is 0 Å². The Kier molecular flexibility index (Phi) is 4.25. The predicted octanol–water partition coefficient (Wildman–Crippen LogP) is 2.21. The van der Waals surface area contributed by atoms with E-state index in [1.165, 1.54) is 24.9 Å². The third kappa shape index (κ3) is 3.23. The number of carbonyl (C=O) groups is 1. The summed E-state index contributed by atoms with van der Waals surface area (Å²) in [5.41, 5.74) is 1.28. The summed E-state index contributed by atoms with van der Waals surface area (Å²) in [5.74, 6) is 1.21. The maximum Gasteiger partial charge on any atom is 0.236 e. The molecule has 2 aliphatic heterocycles. The Labute approximate surface area is 139 Å². The molecule has 2 atom stereocenters. The van der Waals surface area contributed by atoms with Crippen LogP contribution in [-0.2, 0) is 4.79 Å². The molecule has 4 nitrogen and oxygen atoms in total. The molecule has 0 N–H and O–H groups in total. The highest BCUT2D eigenvalue weighted by atomic mass is 16.2. The SMILES string of the molecule is O=C(CN1C[C@@H]2CC[C@H]1C2)N1CCCN(c2ccccc2)CC1. The van der Waals surface area contributed by atoms with Gasteiger partial charge in [-0.2, -0.15) is 0 Å². The Hall–Kier alpha value is -1.55. The molecule has 0 spiro atoms. The topological polar surface area (TPSA) is 26.8 Å². The van der Waals surface area contributed by atoms with E-state index in [1.54, 1.807) is 0 Å². The highest BCUT2D eigenvalue weighted by Crippen LogP contribution is 2.37. The van der Waals surface area contributed by atoms with Crippen LogP contribution in [0.5, 0.6) is 0 Å². The minimum Gasteiger partial charge on any atom is -0.370 e. The Morgan fingerprint density at radius 3 is 2.65 bits per heavy atom. The number of hydrogen-bond donors (Lipinski definition) is 0. The molecule has 0 aromatic heterocycles. The number of nitrogens with zero attached hydrogens (tertiary/aromatic N) is 3. The molecule has 4 heteroatoms. The van der Waals surface area contributed by atoms with Gasteiger partial charge in [0.1, 0.15) is 0 Å². The summed E-state index contributed by atoms with van der Waals surface area (Å²) in [4.78, 5) is 19.6. The van der Waals surface area contributed by atoms with E-state index in [1.807, 2.05) is 0 Å². The van der Waals surface area contributed by atoms with Gasteiger partial charge in [0.05, 0.1) is 6.54 Å². The van der Waals surface area contributed by atoms with Gasteiger partial charge in [0.15, 0.2) is 0 Å². The van der Waals surface area contributed by atoms with Gasteiger partial charge in [-0.1, -0.05) is 18.2 Å². The number of hydrogen-bond acceptors (Lipinski definition) is 3. The molecule has 124 valence electrons. The molecule has 2 saturated heterocycles. The second-order valence-electron chi connectivity index (χ2n) is 7.32. The van der Waals surface area contributed by atoms with Crippen molar-refractivity contribution in [3.05, 3.63) is 30.3 Å². The van der Waals surface area contributed by atoms with E-state index in [4.69, 9.17) is 0 Å². The number of carbonyl (C=O) groups excluding carboxylic acids is 1. The zero-order chi connectivity index (χ0) is 15.6. The molecule has 3 fully saturated rings. The van der Waals surface area contributed by atoms with Crippen LogP contribution in [0.4, 0.5) is 5.69 Å². The molecule has 0 radical (unpaired) electrons. The first-order valence-corrected chi connectivity index (χ1v) is 9.11.